The molecule has 0 aromatic carbocycles. The van der Waals surface area contributed by atoms with E-state index in [2.05, 4.69) is 26.6 Å². The van der Waals surface area contributed by atoms with Crippen LogP contribution in [0, 0.1) is 0 Å². The molecule has 0 spiro atoms. The third-order valence-corrected chi connectivity index (χ3v) is 3.89. The Morgan fingerprint density at radius 1 is 1.48 bits per heavy atom. The molecule has 0 aliphatic carbocycles. The van der Waals surface area contributed by atoms with E-state index in [0.29, 0.717) is 13.0 Å². The molecule has 1 aliphatic heterocycles. The van der Waals surface area contributed by atoms with E-state index in [1.54, 1.807) is 0 Å². The molecule has 21 heavy (non-hydrogen) atoms. The molecule has 1 N–H and O–H groups in total. The van der Waals surface area contributed by atoms with E-state index in [4.69, 9.17) is 0 Å². The maximum absolute atomic E-state index is 12.4. The zero-order chi connectivity index (χ0) is 14.8. The van der Waals surface area contributed by atoms with Crippen molar-refractivity contribution < 1.29 is 13.5 Å². The molecule has 7 heteroatoms. The van der Waals surface area contributed by atoms with Gasteiger partial charge in [-0.3, -0.25) is 0 Å². The van der Waals surface area contributed by atoms with Gasteiger partial charge in [0.1, 0.15) is 17.8 Å². The monoisotopic (exact) mass is 296 g/mol. The maximum atomic E-state index is 12.4. The van der Waals surface area contributed by atoms with Gasteiger partial charge in [-0.15, -0.1) is 0 Å². The third kappa shape index (κ3) is 2.83. The van der Waals surface area contributed by atoms with Gasteiger partial charge in [-0.1, -0.05) is 6.92 Å². The van der Waals surface area contributed by atoms with Gasteiger partial charge in [-0.05, 0) is 24.8 Å². The zero-order valence-corrected chi connectivity index (χ0v) is 11.9. The summed E-state index contributed by atoms with van der Waals surface area (Å²) in [6.07, 6.45) is 5.32. The van der Waals surface area contributed by atoms with Crippen LogP contribution in [0.15, 0.2) is 12.5 Å². The average Bonchev–Trinajstić information content (AvgIpc) is 2.90. The summed E-state index contributed by atoms with van der Waals surface area (Å²) in [5, 5.41) is 0.984. The molecular weight excluding hydrogens is 278 g/mol. The van der Waals surface area contributed by atoms with Crippen molar-refractivity contribution in [3.63, 3.8) is 0 Å². The van der Waals surface area contributed by atoms with Crippen LogP contribution in [0.25, 0.3) is 11.0 Å². The Morgan fingerprint density at radius 3 is 3.10 bits per heavy atom. The van der Waals surface area contributed by atoms with Gasteiger partial charge in [0, 0.05) is 19.3 Å². The highest BCUT2D eigenvalue weighted by Crippen LogP contribution is 2.29. The topological polar surface area (TPSA) is 54.0 Å². The van der Waals surface area contributed by atoms with Gasteiger partial charge in [0.25, 0.3) is 0 Å². The van der Waals surface area contributed by atoms with E-state index >= 15 is 0 Å². The molecule has 0 amide bonds. The number of ether oxygens (including phenoxy) is 1. The smallest absolute Gasteiger partial charge is 0.345 e. The standard InChI is InChI=1S/C14H18F2N4O/c1-2-9-6-17-12-11(9)13(19-8-18-12)20-5-3-4-10(7-20)21-14(15)16/h6,8,10,14H,2-5,7H2,1H3,(H,17,18,19). The van der Waals surface area contributed by atoms with Crippen molar-refractivity contribution in [1.82, 2.24) is 15.0 Å². The van der Waals surface area contributed by atoms with Gasteiger partial charge in [-0.25, -0.2) is 9.97 Å². The number of aromatic amines is 1. The summed E-state index contributed by atoms with van der Waals surface area (Å²) >= 11 is 0. The fourth-order valence-corrected chi connectivity index (χ4v) is 2.91. The first kappa shape index (κ1) is 14.2. The molecule has 3 heterocycles. The van der Waals surface area contributed by atoms with Crippen LogP contribution in [-0.2, 0) is 11.2 Å². The highest BCUT2D eigenvalue weighted by Gasteiger charge is 2.26. The van der Waals surface area contributed by atoms with Crippen LogP contribution in [0.2, 0.25) is 0 Å². The number of alkyl halides is 2. The molecule has 0 radical (unpaired) electrons. The summed E-state index contributed by atoms with van der Waals surface area (Å²) in [5.74, 6) is 0.806. The number of halogens is 2. The van der Waals surface area contributed by atoms with Crippen molar-refractivity contribution in [3.8, 4) is 0 Å². The van der Waals surface area contributed by atoms with Crippen molar-refractivity contribution in [2.24, 2.45) is 0 Å². The predicted octanol–water partition coefficient (Wildman–Crippen LogP) is 2.73. The molecule has 114 valence electrons. The quantitative estimate of drug-likeness (QED) is 0.942. The fraction of sp³-hybridized carbons (Fsp3) is 0.571. The lowest BCUT2D eigenvalue weighted by molar-refractivity contribution is -0.163. The molecule has 2 aromatic rings. The summed E-state index contributed by atoms with van der Waals surface area (Å²) < 4.78 is 29.5. The van der Waals surface area contributed by atoms with Gasteiger partial charge < -0.3 is 14.6 Å². The van der Waals surface area contributed by atoms with Gasteiger partial charge in [0.05, 0.1) is 11.5 Å². The summed E-state index contributed by atoms with van der Waals surface area (Å²) in [6, 6.07) is 0. The lowest BCUT2D eigenvalue weighted by Gasteiger charge is -2.33. The lowest BCUT2D eigenvalue weighted by Crippen LogP contribution is -2.41. The van der Waals surface area contributed by atoms with Crippen LogP contribution >= 0.6 is 0 Å². The molecular formula is C14H18F2N4O. The first-order valence-electron chi connectivity index (χ1n) is 7.18. The van der Waals surface area contributed by atoms with Gasteiger partial charge in [-0.2, -0.15) is 8.78 Å². The summed E-state index contributed by atoms with van der Waals surface area (Å²) in [4.78, 5) is 13.8. The van der Waals surface area contributed by atoms with E-state index in [1.807, 2.05) is 11.1 Å². The van der Waals surface area contributed by atoms with Gasteiger partial charge >= 0.3 is 6.61 Å². The molecule has 1 saturated heterocycles. The Morgan fingerprint density at radius 2 is 2.33 bits per heavy atom. The van der Waals surface area contributed by atoms with E-state index in [9.17, 15) is 8.78 Å². The van der Waals surface area contributed by atoms with Gasteiger partial charge in [0.2, 0.25) is 0 Å². The van der Waals surface area contributed by atoms with Crippen LogP contribution in [0.4, 0.5) is 14.6 Å². The number of hydrogen-bond acceptors (Lipinski definition) is 4. The fourth-order valence-electron chi connectivity index (χ4n) is 2.91. The summed E-state index contributed by atoms with van der Waals surface area (Å²) in [7, 11) is 0. The Balaban J connectivity index is 1.90. The second-order valence-corrected chi connectivity index (χ2v) is 5.20. The summed E-state index contributed by atoms with van der Waals surface area (Å²) in [6.45, 7) is 0.575. The van der Waals surface area contributed by atoms with Crippen LogP contribution < -0.4 is 4.90 Å². The molecule has 1 unspecified atom stereocenters. The number of nitrogens with zero attached hydrogens (tertiary/aromatic N) is 3. The molecule has 1 aliphatic rings. The van der Waals surface area contributed by atoms with Crippen LogP contribution in [-0.4, -0.2) is 40.8 Å². The molecule has 1 fully saturated rings. The highest BCUT2D eigenvalue weighted by molar-refractivity contribution is 5.90. The number of anilines is 1. The number of piperidine rings is 1. The maximum Gasteiger partial charge on any atom is 0.345 e. The van der Waals surface area contributed by atoms with Crippen molar-refractivity contribution in [2.45, 2.75) is 38.9 Å². The summed E-state index contributed by atoms with van der Waals surface area (Å²) in [5.41, 5.74) is 1.92. The largest absolute Gasteiger partial charge is 0.353 e. The second-order valence-electron chi connectivity index (χ2n) is 5.20. The lowest BCUT2D eigenvalue weighted by atomic mass is 10.1. The van der Waals surface area contributed by atoms with Crippen LogP contribution in [0.5, 0.6) is 0 Å². The average molecular weight is 296 g/mol. The number of nitrogens with one attached hydrogen (secondary N) is 1. The van der Waals surface area contributed by atoms with E-state index in [-0.39, 0.29) is 0 Å². The number of fused-ring (bicyclic) bond motifs is 1. The van der Waals surface area contributed by atoms with Crippen LogP contribution in [0.3, 0.4) is 0 Å². The number of hydrogen-bond donors (Lipinski definition) is 1. The molecule has 2 aromatic heterocycles. The van der Waals surface area contributed by atoms with Crippen molar-refractivity contribution >= 4 is 16.9 Å². The molecule has 0 bridgehead atoms. The van der Waals surface area contributed by atoms with E-state index in [0.717, 1.165) is 41.8 Å². The minimum absolute atomic E-state index is 0.435. The normalized spacial score (nSPS) is 19.6. The number of aryl methyl sites for hydroxylation is 1. The van der Waals surface area contributed by atoms with Crippen molar-refractivity contribution in [2.75, 3.05) is 18.0 Å². The first-order chi connectivity index (χ1) is 10.2. The molecule has 3 rings (SSSR count). The highest BCUT2D eigenvalue weighted by atomic mass is 19.3. The molecule has 1 atom stereocenters. The Kier molecular flexibility index (Phi) is 4.01. The minimum atomic E-state index is -2.72. The number of aromatic nitrogens is 3. The van der Waals surface area contributed by atoms with Crippen molar-refractivity contribution in [3.05, 3.63) is 18.1 Å². The second kappa shape index (κ2) is 5.93. The van der Waals surface area contributed by atoms with E-state index in [1.165, 1.54) is 6.33 Å². The Bertz CT molecular complexity index is 616. The molecule has 5 nitrogen and oxygen atoms in total. The van der Waals surface area contributed by atoms with Crippen LogP contribution in [0.1, 0.15) is 25.3 Å². The Labute approximate surface area is 121 Å². The zero-order valence-electron chi connectivity index (χ0n) is 11.9. The third-order valence-electron chi connectivity index (χ3n) is 3.89. The van der Waals surface area contributed by atoms with Gasteiger partial charge in [0.15, 0.2) is 0 Å². The SMILES string of the molecule is CCc1c[nH]c2ncnc(N3CCCC(OC(F)F)C3)c12. The van der Waals surface area contributed by atoms with E-state index < -0.39 is 12.7 Å². The molecule has 0 saturated carbocycles. The Hall–Kier alpha value is -1.76. The number of H-pyrrole nitrogens is 1. The minimum Gasteiger partial charge on any atom is -0.353 e. The predicted molar refractivity (Wildman–Crippen MR) is 75.6 cm³/mol. The number of rotatable bonds is 4. The van der Waals surface area contributed by atoms with Crippen molar-refractivity contribution in [1.29, 1.82) is 0 Å². The first-order valence-corrected chi connectivity index (χ1v) is 7.18.